The number of benzene rings is 2. The summed E-state index contributed by atoms with van der Waals surface area (Å²) < 4.78 is 12.0. The molecular formula is C22H25ClN2O3. The molecule has 0 radical (unpaired) electrons. The van der Waals surface area contributed by atoms with E-state index < -0.39 is 11.6 Å². The predicted octanol–water partition coefficient (Wildman–Crippen LogP) is 3.18. The van der Waals surface area contributed by atoms with Crippen LogP contribution in [0.15, 0.2) is 48.5 Å². The smallest absolute Gasteiger partial charge is 0.240 e. The molecule has 6 heteroatoms. The van der Waals surface area contributed by atoms with Crippen LogP contribution in [0.25, 0.3) is 0 Å². The second-order valence-corrected chi connectivity index (χ2v) is 8.08. The first-order valence-electron chi connectivity index (χ1n) is 9.68. The Labute approximate surface area is 170 Å². The summed E-state index contributed by atoms with van der Waals surface area (Å²) in [5, 5.41) is 0.631. The highest BCUT2D eigenvalue weighted by Gasteiger charge is 2.41. The summed E-state index contributed by atoms with van der Waals surface area (Å²) >= 11 is 6.20. The van der Waals surface area contributed by atoms with Crippen molar-refractivity contribution in [3.63, 3.8) is 0 Å². The van der Waals surface area contributed by atoms with E-state index in [0.717, 1.165) is 29.7 Å². The van der Waals surface area contributed by atoms with Gasteiger partial charge in [0.1, 0.15) is 11.4 Å². The molecule has 1 amide bonds. The van der Waals surface area contributed by atoms with Crippen LogP contribution in [0.5, 0.6) is 5.75 Å². The summed E-state index contributed by atoms with van der Waals surface area (Å²) in [6.45, 7) is 2.20. The molecule has 2 aromatic rings. The molecule has 0 saturated carbocycles. The van der Waals surface area contributed by atoms with Gasteiger partial charge in [0.2, 0.25) is 5.91 Å². The van der Waals surface area contributed by atoms with Crippen molar-refractivity contribution in [2.45, 2.75) is 37.5 Å². The molecule has 0 bridgehead atoms. The minimum atomic E-state index is -0.597. The van der Waals surface area contributed by atoms with Crippen molar-refractivity contribution in [1.82, 2.24) is 4.90 Å². The molecule has 2 aliphatic rings. The van der Waals surface area contributed by atoms with Crippen molar-refractivity contribution >= 4 is 17.5 Å². The van der Waals surface area contributed by atoms with Crippen LogP contribution in [0.4, 0.5) is 0 Å². The number of rotatable bonds is 3. The lowest BCUT2D eigenvalue weighted by Gasteiger charge is -2.39. The van der Waals surface area contributed by atoms with Crippen molar-refractivity contribution in [1.29, 1.82) is 0 Å². The van der Waals surface area contributed by atoms with E-state index in [4.69, 9.17) is 26.8 Å². The van der Waals surface area contributed by atoms with Crippen LogP contribution in [0.1, 0.15) is 24.0 Å². The molecule has 0 aliphatic carbocycles. The summed E-state index contributed by atoms with van der Waals surface area (Å²) in [5.74, 6) is 0.726. The zero-order valence-electron chi connectivity index (χ0n) is 15.8. The van der Waals surface area contributed by atoms with E-state index in [2.05, 4.69) is 0 Å². The van der Waals surface area contributed by atoms with Gasteiger partial charge in [0, 0.05) is 30.0 Å². The van der Waals surface area contributed by atoms with E-state index in [1.165, 1.54) is 0 Å². The largest absolute Gasteiger partial charge is 0.485 e. The lowest BCUT2D eigenvalue weighted by Crippen LogP contribution is -2.54. The zero-order valence-corrected chi connectivity index (χ0v) is 16.5. The lowest BCUT2D eigenvalue weighted by atomic mass is 9.93. The molecule has 2 N–H and O–H groups in total. The van der Waals surface area contributed by atoms with Crippen LogP contribution >= 0.6 is 11.6 Å². The average molecular weight is 401 g/mol. The van der Waals surface area contributed by atoms with E-state index in [0.29, 0.717) is 37.7 Å². The third-order valence-electron chi connectivity index (χ3n) is 5.52. The van der Waals surface area contributed by atoms with Crippen LogP contribution < -0.4 is 10.5 Å². The van der Waals surface area contributed by atoms with E-state index in [-0.39, 0.29) is 5.91 Å². The number of amides is 1. The highest BCUT2D eigenvalue weighted by atomic mass is 35.5. The molecule has 0 aromatic heterocycles. The molecule has 148 valence electrons. The number of hydrogen-bond acceptors (Lipinski definition) is 4. The van der Waals surface area contributed by atoms with Gasteiger partial charge >= 0.3 is 0 Å². The van der Waals surface area contributed by atoms with Crippen molar-refractivity contribution in [3.8, 4) is 5.75 Å². The highest BCUT2D eigenvalue weighted by Crippen LogP contribution is 2.36. The summed E-state index contributed by atoms with van der Waals surface area (Å²) in [5.41, 5.74) is 7.84. The van der Waals surface area contributed by atoms with Gasteiger partial charge in [0.05, 0.1) is 25.8 Å². The fourth-order valence-corrected chi connectivity index (χ4v) is 4.19. The molecule has 1 spiro atoms. The number of fused-ring (bicyclic) bond motifs is 1. The number of nitrogens with two attached hydrogens (primary N) is 1. The third-order valence-corrected chi connectivity index (χ3v) is 5.76. The van der Waals surface area contributed by atoms with Gasteiger partial charge in [-0.1, -0.05) is 41.9 Å². The Morgan fingerprint density at radius 2 is 1.93 bits per heavy atom. The number of nitrogens with zero attached hydrogens (tertiary/aromatic N) is 1. The zero-order chi connectivity index (χ0) is 19.6. The molecular weight excluding hydrogens is 376 g/mol. The molecule has 1 unspecified atom stereocenters. The molecule has 28 heavy (non-hydrogen) atoms. The number of ether oxygens (including phenoxy) is 2. The topological polar surface area (TPSA) is 64.8 Å². The van der Waals surface area contributed by atoms with E-state index in [1.54, 1.807) is 0 Å². The molecule has 1 atom stereocenters. The third kappa shape index (κ3) is 4.17. The van der Waals surface area contributed by atoms with Crippen LogP contribution in [0, 0.1) is 0 Å². The van der Waals surface area contributed by atoms with Gasteiger partial charge in [-0.15, -0.1) is 0 Å². The quantitative estimate of drug-likeness (QED) is 0.859. The number of carbonyl (C=O) groups excluding carboxylic acids is 1. The minimum absolute atomic E-state index is 0.0638. The van der Waals surface area contributed by atoms with Crippen molar-refractivity contribution in [3.05, 3.63) is 64.7 Å². The van der Waals surface area contributed by atoms with Gasteiger partial charge < -0.3 is 20.1 Å². The van der Waals surface area contributed by atoms with Gasteiger partial charge in [-0.25, -0.2) is 0 Å². The molecule has 4 rings (SSSR count). The Kier molecular flexibility index (Phi) is 5.58. The van der Waals surface area contributed by atoms with Crippen molar-refractivity contribution in [2.75, 3.05) is 19.8 Å². The molecule has 1 fully saturated rings. The second kappa shape index (κ2) is 8.11. The number of hydrogen-bond donors (Lipinski definition) is 1. The summed E-state index contributed by atoms with van der Waals surface area (Å²) in [6.07, 6.45) is 2.00. The Morgan fingerprint density at radius 3 is 2.68 bits per heavy atom. The summed E-state index contributed by atoms with van der Waals surface area (Å²) in [4.78, 5) is 15.1. The van der Waals surface area contributed by atoms with E-state index >= 15 is 0 Å². The maximum atomic E-state index is 13.3. The Morgan fingerprint density at radius 1 is 1.18 bits per heavy atom. The van der Waals surface area contributed by atoms with Gasteiger partial charge in [0.15, 0.2) is 0 Å². The molecule has 1 saturated heterocycles. The van der Waals surface area contributed by atoms with Crippen molar-refractivity contribution < 1.29 is 14.3 Å². The molecule has 2 heterocycles. The number of halogens is 1. The SMILES string of the molecule is NC(Cc1ccccc1)C(=O)N1Cc2cc(Cl)ccc2OC2(CCOCC2)C1. The Balaban J connectivity index is 1.60. The highest BCUT2D eigenvalue weighted by molar-refractivity contribution is 6.30. The van der Waals surface area contributed by atoms with E-state index in [1.807, 2.05) is 53.4 Å². The lowest BCUT2D eigenvalue weighted by molar-refractivity contribution is -0.137. The summed E-state index contributed by atoms with van der Waals surface area (Å²) in [7, 11) is 0. The Bertz CT molecular complexity index is 837. The van der Waals surface area contributed by atoms with E-state index in [9.17, 15) is 4.79 Å². The van der Waals surface area contributed by atoms with Gasteiger partial charge in [-0.05, 0) is 30.2 Å². The van der Waals surface area contributed by atoms with Gasteiger partial charge in [-0.2, -0.15) is 0 Å². The van der Waals surface area contributed by atoms with Crippen LogP contribution in [0.2, 0.25) is 5.02 Å². The predicted molar refractivity (Wildman–Crippen MR) is 108 cm³/mol. The maximum Gasteiger partial charge on any atom is 0.240 e. The first-order chi connectivity index (χ1) is 13.5. The number of carbonyl (C=O) groups is 1. The first kappa shape index (κ1) is 19.2. The fraction of sp³-hybridized carbons (Fsp3) is 0.409. The van der Waals surface area contributed by atoms with Crippen LogP contribution in [-0.4, -0.2) is 42.2 Å². The van der Waals surface area contributed by atoms with Crippen molar-refractivity contribution in [2.24, 2.45) is 5.73 Å². The maximum absolute atomic E-state index is 13.3. The average Bonchev–Trinajstić information content (AvgIpc) is 2.85. The minimum Gasteiger partial charge on any atom is -0.485 e. The monoisotopic (exact) mass is 400 g/mol. The summed E-state index contributed by atoms with van der Waals surface area (Å²) in [6, 6.07) is 14.9. The van der Waals surface area contributed by atoms with Crippen LogP contribution in [0.3, 0.4) is 0 Å². The fourth-order valence-electron chi connectivity index (χ4n) is 4.00. The molecule has 2 aromatic carbocycles. The van der Waals surface area contributed by atoms with Gasteiger partial charge in [-0.3, -0.25) is 4.79 Å². The Hall–Kier alpha value is -2.08. The second-order valence-electron chi connectivity index (χ2n) is 7.64. The normalized spacial score (nSPS) is 19.4. The van der Waals surface area contributed by atoms with Crippen LogP contribution in [-0.2, 0) is 22.5 Å². The first-order valence-corrected chi connectivity index (χ1v) is 10.1. The molecule has 2 aliphatic heterocycles. The van der Waals surface area contributed by atoms with Gasteiger partial charge in [0.25, 0.3) is 0 Å². The molecule has 5 nitrogen and oxygen atoms in total. The standard InChI is InChI=1S/C22H25ClN2O3/c23-18-6-7-20-17(13-18)14-25(15-22(28-20)8-10-27-11-9-22)21(26)19(24)12-16-4-2-1-3-5-16/h1-7,13,19H,8-12,14-15,24H2.